The SMILES string of the molecule is CCCCCOc1ccc(C2C(=C(O)c3cccc(OCCCC)c3)C(=O)C(=O)N2c2nc3ccc(Cl)cc3s2)cc1OC. The first-order valence-electron chi connectivity index (χ1n) is 14.8. The van der Waals surface area contributed by atoms with Crippen molar-refractivity contribution in [3.8, 4) is 17.2 Å². The van der Waals surface area contributed by atoms with E-state index in [1.807, 2.05) is 0 Å². The van der Waals surface area contributed by atoms with Crippen molar-refractivity contribution in [3.63, 3.8) is 0 Å². The van der Waals surface area contributed by atoms with Gasteiger partial charge in [-0.1, -0.05) is 74.2 Å². The first-order chi connectivity index (χ1) is 21.4. The number of aromatic nitrogens is 1. The van der Waals surface area contributed by atoms with Crippen LogP contribution in [0.2, 0.25) is 5.02 Å². The van der Waals surface area contributed by atoms with Crippen LogP contribution in [-0.4, -0.2) is 42.1 Å². The number of hydrogen-bond donors (Lipinski definition) is 1. The standard InChI is InChI=1S/C34H35ClN2O6S/c1-4-6-8-17-43-26-15-12-21(19-27(26)41-3)30-29(31(38)22-10-9-11-24(18-22)42-16-7-5-2)32(39)33(40)37(30)34-36-25-14-13-23(35)20-28(25)44-34/h9-15,18-20,30,38H,4-8,16-17H2,1-3H3. The quantitative estimate of drug-likeness (QED) is 0.0683. The molecule has 3 aromatic carbocycles. The summed E-state index contributed by atoms with van der Waals surface area (Å²) in [4.78, 5) is 33.5. The van der Waals surface area contributed by atoms with Gasteiger partial charge in [-0.2, -0.15) is 0 Å². The van der Waals surface area contributed by atoms with E-state index >= 15 is 0 Å². The second-order valence-electron chi connectivity index (χ2n) is 10.5. The van der Waals surface area contributed by atoms with Crippen molar-refractivity contribution >= 4 is 55.7 Å². The largest absolute Gasteiger partial charge is 0.507 e. The summed E-state index contributed by atoms with van der Waals surface area (Å²) in [6.45, 7) is 5.26. The lowest BCUT2D eigenvalue weighted by Gasteiger charge is -2.24. The smallest absolute Gasteiger partial charge is 0.301 e. The van der Waals surface area contributed by atoms with Gasteiger partial charge in [0.05, 0.1) is 42.2 Å². The molecule has 1 saturated heterocycles. The molecule has 8 nitrogen and oxygen atoms in total. The Kier molecular flexibility index (Phi) is 10.1. The maximum atomic E-state index is 13.7. The fourth-order valence-corrected chi connectivity index (χ4v) is 6.33. The molecule has 44 heavy (non-hydrogen) atoms. The van der Waals surface area contributed by atoms with Gasteiger partial charge < -0.3 is 19.3 Å². The molecule has 1 fully saturated rings. The molecule has 1 atom stereocenters. The topological polar surface area (TPSA) is 98.2 Å². The zero-order valence-electron chi connectivity index (χ0n) is 25.0. The third-order valence-corrected chi connectivity index (χ3v) is 8.63. The van der Waals surface area contributed by atoms with Crippen LogP contribution in [0.25, 0.3) is 16.0 Å². The Bertz CT molecular complexity index is 1700. The molecular formula is C34H35ClN2O6S. The van der Waals surface area contributed by atoms with Gasteiger partial charge in [0.1, 0.15) is 11.5 Å². The average molecular weight is 635 g/mol. The average Bonchev–Trinajstić information content (AvgIpc) is 3.56. The molecule has 1 aliphatic rings. The molecule has 1 N–H and O–H groups in total. The molecular weight excluding hydrogens is 600 g/mol. The number of unbranched alkanes of at least 4 members (excludes halogenated alkanes) is 3. The van der Waals surface area contributed by atoms with Crippen LogP contribution in [0.3, 0.4) is 0 Å². The number of rotatable bonds is 13. The molecule has 0 radical (unpaired) electrons. The number of methoxy groups -OCH3 is 1. The number of carbonyl (C=O) groups excluding carboxylic acids is 2. The van der Waals surface area contributed by atoms with E-state index in [0.717, 1.165) is 36.8 Å². The van der Waals surface area contributed by atoms with Crippen molar-refractivity contribution in [2.24, 2.45) is 0 Å². The van der Waals surface area contributed by atoms with Crippen LogP contribution in [0.1, 0.15) is 63.1 Å². The first kappa shape index (κ1) is 31.3. The Hall–Kier alpha value is -4.08. The number of thiazole rings is 1. The molecule has 230 valence electrons. The maximum Gasteiger partial charge on any atom is 0.301 e. The van der Waals surface area contributed by atoms with Gasteiger partial charge in [-0.15, -0.1) is 0 Å². The van der Waals surface area contributed by atoms with E-state index in [-0.39, 0.29) is 11.3 Å². The fourth-order valence-electron chi connectivity index (χ4n) is 5.07. The molecule has 0 bridgehead atoms. The van der Waals surface area contributed by atoms with Crippen LogP contribution < -0.4 is 19.1 Å². The van der Waals surface area contributed by atoms with Crippen LogP contribution >= 0.6 is 22.9 Å². The molecule has 0 aliphatic carbocycles. The number of amides is 1. The molecule has 4 aromatic rings. The highest BCUT2D eigenvalue weighted by molar-refractivity contribution is 7.22. The van der Waals surface area contributed by atoms with Gasteiger partial charge >= 0.3 is 5.91 Å². The Morgan fingerprint density at radius 2 is 1.75 bits per heavy atom. The van der Waals surface area contributed by atoms with Crippen LogP contribution in [-0.2, 0) is 9.59 Å². The van der Waals surface area contributed by atoms with Crippen LogP contribution in [0.4, 0.5) is 5.13 Å². The Labute approximate surface area is 265 Å². The molecule has 10 heteroatoms. The van der Waals surface area contributed by atoms with E-state index in [4.69, 9.17) is 25.8 Å². The number of Topliss-reactive ketones (excluding diaryl/α,β-unsaturated/α-hetero) is 1. The summed E-state index contributed by atoms with van der Waals surface area (Å²) in [5.41, 5.74) is 1.49. The highest BCUT2D eigenvalue weighted by Gasteiger charge is 2.48. The van der Waals surface area contributed by atoms with E-state index in [2.05, 4.69) is 18.8 Å². The van der Waals surface area contributed by atoms with E-state index in [1.54, 1.807) is 60.7 Å². The van der Waals surface area contributed by atoms with Gasteiger partial charge in [-0.3, -0.25) is 14.5 Å². The number of ether oxygens (including phenoxy) is 3. The zero-order valence-corrected chi connectivity index (χ0v) is 26.5. The lowest BCUT2D eigenvalue weighted by atomic mass is 9.95. The van der Waals surface area contributed by atoms with Gasteiger partial charge in [0, 0.05) is 10.6 Å². The molecule has 5 rings (SSSR count). The normalized spacial score (nSPS) is 16.1. The number of hydrogen-bond acceptors (Lipinski definition) is 8. The number of aliphatic hydroxyl groups is 1. The number of fused-ring (bicyclic) bond motifs is 1. The lowest BCUT2D eigenvalue weighted by molar-refractivity contribution is -0.132. The van der Waals surface area contributed by atoms with Crippen LogP contribution in [0, 0.1) is 0 Å². The van der Waals surface area contributed by atoms with E-state index in [1.165, 1.54) is 23.3 Å². The number of anilines is 1. The first-order valence-corrected chi connectivity index (χ1v) is 16.0. The molecule has 1 aromatic heterocycles. The fraction of sp³-hybridized carbons (Fsp3) is 0.324. The summed E-state index contributed by atoms with van der Waals surface area (Å²) in [5.74, 6) is -0.359. The third kappa shape index (κ3) is 6.54. The molecule has 1 unspecified atom stereocenters. The van der Waals surface area contributed by atoms with Crippen molar-refractivity contribution in [1.29, 1.82) is 0 Å². The molecule has 1 aliphatic heterocycles. The van der Waals surface area contributed by atoms with Crippen molar-refractivity contribution in [2.75, 3.05) is 25.2 Å². The highest BCUT2D eigenvalue weighted by atomic mass is 35.5. The number of nitrogens with zero attached hydrogens (tertiary/aromatic N) is 2. The van der Waals surface area contributed by atoms with E-state index in [0.29, 0.717) is 57.3 Å². The minimum atomic E-state index is -0.987. The van der Waals surface area contributed by atoms with Crippen molar-refractivity contribution < 1.29 is 28.9 Å². The van der Waals surface area contributed by atoms with Gasteiger partial charge in [0.2, 0.25) is 0 Å². The van der Waals surface area contributed by atoms with Gasteiger partial charge in [0.25, 0.3) is 5.78 Å². The summed E-state index contributed by atoms with van der Waals surface area (Å²) in [5, 5.41) is 12.5. The highest BCUT2D eigenvalue weighted by Crippen LogP contribution is 2.46. The van der Waals surface area contributed by atoms with Gasteiger partial charge in [-0.05, 0) is 60.9 Å². The second kappa shape index (κ2) is 14.1. The second-order valence-corrected chi connectivity index (χ2v) is 11.9. The molecule has 0 saturated carbocycles. The van der Waals surface area contributed by atoms with Crippen molar-refractivity contribution in [3.05, 3.63) is 82.4 Å². The zero-order chi connectivity index (χ0) is 31.2. The number of halogens is 1. The Balaban J connectivity index is 1.62. The van der Waals surface area contributed by atoms with Gasteiger partial charge in [-0.25, -0.2) is 4.98 Å². The van der Waals surface area contributed by atoms with Crippen LogP contribution in [0.15, 0.2) is 66.2 Å². The summed E-state index contributed by atoms with van der Waals surface area (Å²) in [6, 6.07) is 16.4. The predicted molar refractivity (Wildman–Crippen MR) is 174 cm³/mol. The summed E-state index contributed by atoms with van der Waals surface area (Å²) in [7, 11) is 1.54. The summed E-state index contributed by atoms with van der Waals surface area (Å²) >= 11 is 7.46. The Morgan fingerprint density at radius 1 is 0.955 bits per heavy atom. The molecule has 0 spiro atoms. The number of ketones is 1. The van der Waals surface area contributed by atoms with Crippen molar-refractivity contribution in [2.45, 2.75) is 52.0 Å². The summed E-state index contributed by atoms with van der Waals surface area (Å²) < 4.78 is 18.2. The van der Waals surface area contributed by atoms with Gasteiger partial charge in [0.15, 0.2) is 16.6 Å². The summed E-state index contributed by atoms with van der Waals surface area (Å²) in [6.07, 6.45) is 4.89. The number of carbonyl (C=O) groups is 2. The molecule has 2 heterocycles. The molecule has 1 amide bonds. The number of benzene rings is 3. The number of aliphatic hydroxyl groups excluding tert-OH is 1. The minimum absolute atomic E-state index is 0.0586. The monoisotopic (exact) mass is 634 g/mol. The van der Waals surface area contributed by atoms with E-state index in [9.17, 15) is 14.7 Å². The third-order valence-electron chi connectivity index (χ3n) is 7.37. The maximum absolute atomic E-state index is 13.7. The predicted octanol–water partition coefficient (Wildman–Crippen LogP) is 8.33. The Morgan fingerprint density at radius 3 is 2.52 bits per heavy atom. The van der Waals surface area contributed by atoms with E-state index < -0.39 is 17.7 Å². The lowest BCUT2D eigenvalue weighted by Crippen LogP contribution is -2.29. The van der Waals surface area contributed by atoms with Crippen molar-refractivity contribution in [1.82, 2.24) is 4.98 Å². The van der Waals surface area contributed by atoms with Crippen LogP contribution in [0.5, 0.6) is 17.2 Å². The minimum Gasteiger partial charge on any atom is -0.507 e.